The number of aromatic nitrogens is 1. The molecule has 0 spiro atoms. The van der Waals surface area contributed by atoms with Crippen molar-refractivity contribution in [2.75, 3.05) is 13.7 Å². The quantitative estimate of drug-likeness (QED) is 0.771. The van der Waals surface area contributed by atoms with Crippen molar-refractivity contribution < 1.29 is 13.9 Å². The molecule has 6 heteroatoms. The molecule has 0 saturated heterocycles. The molecule has 3 unspecified atom stereocenters. The van der Waals surface area contributed by atoms with Crippen LogP contribution in [0, 0.1) is 29.5 Å². The predicted molar refractivity (Wildman–Crippen MR) is 98.1 cm³/mol. The summed E-state index contributed by atoms with van der Waals surface area (Å²) in [5.41, 5.74) is 2.26. The lowest BCUT2D eigenvalue weighted by molar-refractivity contribution is -0.125. The number of amides is 1. The van der Waals surface area contributed by atoms with Crippen LogP contribution in [0.5, 0.6) is 0 Å². The minimum absolute atomic E-state index is 0.00180. The summed E-state index contributed by atoms with van der Waals surface area (Å²) in [5, 5.41) is 0. The Hall–Kier alpha value is -1.79. The van der Waals surface area contributed by atoms with Gasteiger partial charge in [0.05, 0.1) is 22.7 Å². The number of methoxy groups -OCH3 is 1. The molecule has 4 bridgehead atoms. The molecule has 0 N–H and O–H groups in total. The third-order valence-electron chi connectivity index (χ3n) is 6.18. The van der Waals surface area contributed by atoms with E-state index >= 15 is 0 Å². The van der Waals surface area contributed by atoms with Crippen LogP contribution in [0.3, 0.4) is 0 Å². The number of rotatable bonds is 4. The molecular weight excluding hydrogens is 351 g/mol. The highest BCUT2D eigenvalue weighted by Crippen LogP contribution is 2.57. The van der Waals surface area contributed by atoms with Crippen LogP contribution in [0.1, 0.15) is 19.3 Å². The van der Waals surface area contributed by atoms with Gasteiger partial charge in [-0.05, 0) is 55.2 Å². The molecule has 2 saturated carbocycles. The number of nitrogens with zero attached hydrogens (tertiary/aromatic N) is 2. The molecule has 2 fully saturated rings. The molecule has 2 aromatic rings. The first-order valence-corrected chi connectivity index (χ1v) is 10.0. The number of carbonyl (C=O) groups excluding carboxylic acids is 1. The van der Waals surface area contributed by atoms with E-state index in [2.05, 4.69) is 11.1 Å². The van der Waals surface area contributed by atoms with Gasteiger partial charge in [0, 0.05) is 13.7 Å². The molecule has 4 aliphatic carbocycles. The summed E-state index contributed by atoms with van der Waals surface area (Å²) in [5.74, 6) is 1.33. The van der Waals surface area contributed by atoms with Gasteiger partial charge in [-0.25, -0.2) is 4.39 Å². The van der Waals surface area contributed by atoms with E-state index in [1.807, 2.05) is 4.57 Å². The number of thiazole rings is 1. The molecule has 136 valence electrons. The van der Waals surface area contributed by atoms with E-state index in [1.54, 1.807) is 13.2 Å². The Morgan fingerprint density at radius 3 is 3.12 bits per heavy atom. The Kier molecular flexibility index (Phi) is 3.87. The largest absolute Gasteiger partial charge is 0.383 e. The predicted octanol–water partition coefficient (Wildman–Crippen LogP) is 3.52. The first kappa shape index (κ1) is 16.4. The van der Waals surface area contributed by atoms with Gasteiger partial charge in [-0.3, -0.25) is 4.79 Å². The zero-order valence-corrected chi connectivity index (χ0v) is 15.5. The third-order valence-corrected chi connectivity index (χ3v) is 7.24. The van der Waals surface area contributed by atoms with Crippen LogP contribution in [-0.4, -0.2) is 24.2 Å². The maximum Gasteiger partial charge on any atom is 0.252 e. The van der Waals surface area contributed by atoms with Crippen LogP contribution in [-0.2, 0) is 16.1 Å². The van der Waals surface area contributed by atoms with Crippen molar-refractivity contribution in [3.05, 3.63) is 40.5 Å². The average Bonchev–Trinajstić information content (AvgIpc) is 3.18. The molecule has 4 nitrogen and oxygen atoms in total. The van der Waals surface area contributed by atoms with Gasteiger partial charge in [-0.2, -0.15) is 4.99 Å². The van der Waals surface area contributed by atoms with Gasteiger partial charge in [0.2, 0.25) is 0 Å². The summed E-state index contributed by atoms with van der Waals surface area (Å²) in [4.78, 5) is 18.2. The van der Waals surface area contributed by atoms with Crippen LogP contribution in [0.15, 0.2) is 34.8 Å². The molecule has 1 amide bonds. The van der Waals surface area contributed by atoms with E-state index in [-0.39, 0.29) is 17.6 Å². The number of benzene rings is 1. The summed E-state index contributed by atoms with van der Waals surface area (Å²) in [6.07, 6.45) is 5.73. The average molecular weight is 372 g/mol. The zero-order chi connectivity index (χ0) is 17.8. The Morgan fingerprint density at radius 2 is 2.31 bits per heavy atom. The number of hydrogen-bond acceptors (Lipinski definition) is 3. The molecule has 4 atom stereocenters. The first-order chi connectivity index (χ1) is 12.6. The van der Waals surface area contributed by atoms with Crippen LogP contribution in [0.4, 0.5) is 4.39 Å². The highest BCUT2D eigenvalue weighted by atomic mass is 32.1. The summed E-state index contributed by atoms with van der Waals surface area (Å²) in [6, 6.07) is 4.72. The first-order valence-electron chi connectivity index (χ1n) is 9.21. The van der Waals surface area contributed by atoms with Gasteiger partial charge in [0.25, 0.3) is 5.91 Å². The van der Waals surface area contributed by atoms with Gasteiger partial charge in [0.1, 0.15) is 5.82 Å². The van der Waals surface area contributed by atoms with Crippen molar-refractivity contribution in [1.29, 1.82) is 0 Å². The monoisotopic (exact) mass is 372 g/mol. The van der Waals surface area contributed by atoms with E-state index < -0.39 is 0 Å². The Morgan fingerprint density at radius 1 is 1.42 bits per heavy atom. The smallest absolute Gasteiger partial charge is 0.252 e. The van der Waals surface area contributed by atoms with Gasteiger partial charge in [0.15, 0.2) is 4.80 Å². The molecular formula is C20H21FN2O2S. The lowest BCUT2D eigenvalue weighted by Crippen LogP contribution is -2.31. The second-order valence-electron chi connectivity index (χ2n) is 7.66. The second kappa shape index (κ2) is 6.13. The van der Waals surface area contributed by atoms with E-state index in [1.165, 1.54) is 29.0 Å². The number of hydrogen-bond donors (Lipinski definition) is 0. The van der Waals surface area contributed by atoms with E-state index in [9.17, 15) is 9.18 Å². The zero-order valence-electron chi connectivity index (χ0n) is 14.7. The van der Waals surface area contributed by atoms with Crippen molar-refractivity contribution in [2.45, 2.75) is 25.8 Å². The Bertz CT molecular complexity index is 989. The summed E-state index contributed by atoms with van der Waals surface area (Å²) in [7, 11) is 1.64. The molecule has 1 heterocycles. The molecule has 26 heavy (non-hydrogen) atoms. The molecule has 1 aromatic heterocycles. The van der Waals surface area contributed by atoms with Gasteiger partial charge in [-0.15, -0.1) is 0 Å². The maximum atomic E-state index is 13.7. The van der Waals surface area contributed by atoms with Crippen molar-refractivity contribution in [2.24, 2.45) is 28.7 Å². The van der Waals surface area contributed by atoms with Gasteiger partial charge in [-0.1, -0.05) is 23.0 Å². The fourth-order valence-electron chi connectivity index (χ4n) is 5.18. The van der Waals surface area contributed by atoms with E-state index in [4.69, 9.17) is 4.74 Å². The van der Waals surface area contributed by atoms with Crippen molar-refractivity contribution in [1.82, 2.24) is 4.57 Å². The van der Waals surface area contributed by atoms with Gasteiger partial charge >= 0.3 is 0 Å². The highest BCUT2D eigenvalue weighted by molar-refractivity contribution is 7.16. The number of carbonyl (C=O) groups is 1. The SMILES string of the molecule is COCCn1c(=NC(=O)[C@H]2C3CC4=CC(C3)CC42)sc2ccc(F)cc21. The number of halogens is 1. The lowest BCUT2D eigenvalue weighted by atomic mass is 9.75. The third kappa shape index (κ3) is 2.50. The topological polar surface area (TPSA) is 43.6 Å². The van der Waals surface area contributed by atoms with Gasteiger partial charge < -0.3 is 9.30 Å². The number of ether oxygens (including phenoxy) is 1. The maximum absolute atomic E-state index is 13.7. The summed E-state index contributed by atoms with van der Waals surface area (Å²) >= 11 is 1.45. The fourth-order valence-corrected chi connectivity index (χ4v) is 6.22. The van der Waals surface area contributed by atoms with Crippen LogP contribution in [0.2, 0.25) is 0 Å². The molecule has 6 rings (SSSR count). The van der Waals surface area contributed by atoms with Crippen LogP contribution >= 0.6 is 11.3 Å². The normalized spacial score (nSPS) is 29.8. The van der Waals surface area contributed by atoms with E-state index in [0.717, 1.165) is 29.5 Å². The standard InChI is InChI=1S/C20H21FN2O2S/c1-25-5-4-23-16-10-14(21)2-3-17(16)26-20(23)22-19(24)18-13-7-11-6-12(9-13)15(18)8-11/h2-3,6,10-11,13,15,18H,4-5,7-9H2,1H3/t11?,13?,15?,18-/m0/s1. The number of allylic oxidation sites excluding steroid dienone is 2. The van der Waals surface area contributed by atoms with Crippen molar-refractivity contribution >= 4 is 27.5 Å². The second-order valence-corrected chi connectivity index (χ2v) is 8.67. The summed E-state index contributed by atoms with van der Waals surface area (Å²) in [6.45, 7) is 1.05. The lowest BCUT2D eigenvalue weighted by Gasteiger charge is -2.29. The molecule has 1 aromatic carbocycles. The Balaban J connectivity index is 1.55. The molecule has 4 aliphatic rings. The minimum Gasteiger partial charge on any atom is -0.383 e. The molecule has 0 radical (unpaired) electrons. The van der Waals surface area contributed by atoms with Crippen LogP contribution < -0.4 is 4.80 Å². The fraction of sp³-hybridized carbons (Fsp3) is 0.500. The van der Waals surface area contributed by atoms with Crippen molar-refractivity contribution in [3.63, 3.8) is 0 Å². The highest BCUT2D eigenvalue weighted by Gasteiger charge is 2.51. The minimum atomic E-state index is -0.281. The molecule has 0 aliphatic heterocycles. The number of fused-ring (bicyclic) bond motifs is 1. The van der Waals surface area contributed by atoms with Crippen molar-refractivity contribution in [3.8, 4) is 0 Å². The Labute approximate surface area is 155 Å². The summed E-state index contributed by atoms with van der Waals surface area (Å²) < 4.78 is 21.8. The van der Waals surface area contributed by atoms with Crippen LogP contribution in [0.25, 0.3) is 10.2 Å². The van der Waals surface area contributed by atoms with E-state index in [0.29, 0.717) is 35.7 Å².